The molecule has 0 bridgehead atoms. The lowest BCUT2D eigenvalue weighted by Crippen LogP contribution is -2.31. The molecule has 96 valence electrons. The molecular weight excluding hydrogens is 200 g/mol. The highest BCUT2D eigenvalue weighted by molar-refractivity contribution is 5.76. The Kier molecular flexibility index (Phi) is 6.65. The van der Waals surface area contributed by atoms with Crippen LogP contribution in [0.5, 0.6) is 0 Å². The van der Waals surface area contributed by atoms with E-state index in [-0.39, 0.29) is 17.4 Å². The summed E-state index contributed by atoms with van der Waals surface area (Å²) in [5, 5.41) is 2.92. The summed E-state index contributed by atoms with van der Waals surface area (Å²) >= 11 is 0. The lowest BCUT2D eigenvalue weighted by atomic mass is 9.76. The Labute approximate surface area is 100 Å². The van der Waals surface area contributed by atoms with Gasteiger partial charge in [0.2, 0.25) is 5.91 Å². The fourth-order valence-electron chi connectivity index (χ4n) is 1.91. The van der Waals surface area contributed by atoms with Crippen molar-refractivity contribution in [2.45, 2.75) is 59.9 Å². The summed E-state index contributed by atoms with van der Waals surface area (Å²) in [6, 6.07) is 0.232. The van der Waals surface area contributed by atoms with Gasteiger partial charge in [0.15, 0.2) is 0 Å². The van der Waals surface area contributed by atoms with Gasteiger partial charge >= 0.3 is 0 Å². The molecule has 3 nitrogen and oxygen atoms in total. The molecule has 0 aliphatic rings. The average Bonchev–Trinajstić information content (AvgIpc) is 2.08. The van der Waals surface area contributed by atoms with E-state index in [1.54, 1.807) is 0 Å². The minimum absolute atomic E-state index is 0.154. The van der Waals surface area contributed by atoms with Crippen molar-refractivity contribution in [3.05, 3.63) is 0 Å². The number of nitrogens with two attached hydrogens (primary N) is 1. The monoisotopic (exact) mass is 228 g/mol. The number of amides is 1. The van der Waals surface area contributed by atoms with Crippen LogP contribution in [0, 0.1) is 11.3 Å². The van der Waals surface area contributed by atoms with Crippen LogP contribution in [0.25, 0.3) is 0 Å². The molecule has 3 heteroatoms. The van der Waals surface area contributed by atoms with Crippen LogP contribution in [-0.2, 0) is 4.79 Å². The highest BCUT2D eigenvalue weighted by Crippen LogP contribution is 2.31. The maximum absolute atomic E-state index is 11.5. The number of carbonyl (C=O) groups excluding carboxylic acids is 1. The van der Waals surface area contributed by atoms with Gasteiger partial charge in [-0.05, 0) is 44.6 Å². The summed E-state index contributed by atoms with van der Waals surface area (Å²) in [7, 11) is 0. The van der Waals surface area contributed by atoms with E-state index in [0.29, 0.717) is 18.9 Å². The summed E-state index contributed by atoms with van der Waals surface area (Å²) in [6.45, 7) is 11.3. The topological polar surface area (TPSA) is 55.1 Å². The Bertz CT molecular complexity index is 206. The molecule has 0 fully saturated rings. The second kappa shape index (κ2) is 6.89. The Morgan fingerprint density at radius 3 is 2.19 bits per heavy atom. The molecule has 16 heavy (non-hydrogen) atoms. The van der Waals surface area contributed by atoms with Gasteiger partial charge in [-0.25, -0.2) is 0 Å². The van der Waals surface area contributed by atoms with E-state index in [9.17, 15) is 4.79 Å². The Balaban J connectivity index is 4.07. The van der Waals surface area contributed by atoms with Gasteiger partial charge in [-0.3, -0.25) is 4.79 Å². The first-order valence-corrected chi connectivity index (χ1v) is 6.26. The van der Waals surface area contributed by atoms with Crippen LogP contribution >= 0.6 is 0 Å². The highest BCUT2D eigenvalue weighted by atomic mass is 16.1. The molecule has 0 heterocycles. The van der Waals surface area contributed by atoms with Crippen LogP contribution in [0.4, 0.5) is 0 Å². The van der Waals surface area contributed by atoms with Crippen molar-refractivity contribution in [3.8, 4) is 0 Å². The van der Waals surface area contributed by atoms with Crippen molar-refractivity contribution in [1.29, 1.82) is 0 Å². The molecule has 0 saturated heterocycles. The summed E-state index contributed by atoms with van der Waals surface area (Å²) in [4.78, 5) is 11.5. The maximum Gasteiger partial charge on any atom is 0.220 e. The van der Waals surface area contributed by atoms with E-state index in [2.05, 4.69) is 26.1 Å². The zero-order chi connectivity index (χ0) is 12.8. The number of nitrogens with one attached hydrogen (secondary N) is 1. The van der Waals surface area contributed by atoms with Crippen LogP contribution in [0.15, 0.2) is 0 Å². The van der Waals surface area contributed by atoms with E-state index >= 15 is 0 Å². The van der Waals surface area contributed by atoms with Gasteiger partial charge in [-0.2, -0.15) is 0 Å². The van der Waals surface area contributed by atoms with Crippen LogP contribution in [0.2, 0.25) is 0 Å². The quantitative estimate of drug-likeness (QED) is 0.733. The molecule has 0 radical (unpaired) electrons. The standard InChI is InChI=1S/C13H28N2O/c1-10(2)15-12(16)7-6-11(8-9-14)13(3,4)5/h10-11H,6-9,14H2,1-5H3,(H,15,16). The number of carbonyl (C=O) groups is 1. The SMILES string of the molecule is CC(C)NC(=O)CCC(CCN)C(C)(C)C. The molecule has 0 spiro atoms. The zero-order valence-electron chi connectivity index (χ0n) is 11.5. The predicted molar refractivity (Wildman–Crippen MR) is 69.1 cm³/mol. The van der Waals surface area contributed by atoms with Crippen LogP contribution in [0.3, 0.4) is 0 Å². The Hall–Kier alpha value is -0.570. The molecule has 0 aliphatic carbocycles. The van der Waals surface area contributed by atoms with Gasteiger partial charge < -0.3 is 11.1 Å². The Morgan fingerprint density at radius 1 is 1.25 bits per heavy atom. The van der Waals surface area contributed by atoms with Gasteiger partial charge in [0.25, 0.3) is 0 Å². The molecule has 0 aromatic heterocycles. The molecule has 0 aliphatic heterocycles. The van der Waals surface area contributed by atoms with Crippen molar-refractivity contribution in [2.75, 3.05) is 6.54 Å². The van der Waals surface area contributed by atoms with Gasteiger partial charge in [-0.15, -0.1) is 0 Å². The molecule has 0 saturated carbocycles. The van der Waals surface area contributed by atoms with E-state index in [1.165, 1.54) is 0 Å². The smallest absolute Gasteiger partial charge is 0.220 e. The largest absolute Gasteiger partial charge is 0.354 e. The third-order valence-corrected chi connectivity index (χ3v) is 2.91. The summed E-state index contributed by atoms with van der Waals surface area (Å²) < 4.78 is 0. The van der Waals surface area contributed by atoms with Gasteiger partial charge in [0, 0.05) is 12.5 Å². The molecule has 1 amide bonds. The number of hydrogen-bond donors (Lipinski definition) is 2. The van der Waals surface area contributed by atoms with Crippen molar-refractivity contribution in [2.24, 2.45) is 17.1 Å². The van der Waals surface area contributed by atoms with E-state index in [4.69, 9.17) is 5.73 Å². The highest BCUT2D eigenvalue weighted by Gasteiger charge is 2.24. The zero-order valence-corrected chi connectivity index (χ0v) is 11.5. The molecule has 0 aromatic carbocycles. The minimum Gasteiger partial charge on any atom is -0.354 e. The lowest BCUT2D eigenvalue weighted by molar-refractivity contribution is -0.122. The van der Waals surface area contributed by atoms with Gasteiger partial charge in [0.05, 0.1) is 0 Å². The van der Waals surface area contributed by atoms with E-state index in [0.717, 1.165) is 12.8 Å². The third kappa shape index (κ3) is 6.83. The average molecular weight is 228 g/mol. The predicted octanol–water partition coefficient (Wildman–Crippen LogP) is 2.30. The summed E-state index contributed by atoms with van der Waals surface area (Å²) in [6.07, 6.45) is 2.54. The second-order valence-electron chi connectivity index (χ2n) is 5.90. The van der Waals surface area contributed by atoms with Crippen LogP contribution < -0.4 is 11.1 Å². The van der Waals surface area contributed by atoms with Crippen molar-refractivity contribution < 1.29 is 4.79 Å². The first-order chi connectivity index (χ1) is 7.27. The van der Waals surface area contributed by atoms with Crippen LogP contribution in [0.1, 0.15) is 53.9 Å². The lowest BCUT2D eigenvalue weighted by Gasteiger charge is -2.30. The minimum atomic E-state index is 0.154. The maximum atomic E-state index is 11.5. The Morgan fingerprint density at radius 2 is 1.81 bits per heavy atom. The molecule has 1 unspecified atom stereocenters. The van der Waals surface area contributed by atoms with Crippen molar-refractivity contribution >= 4 is 5.91 Å². The first kappa shape index (κ1) is 15.4. The first-order valence-electron chi connectivity index (χ1n) is 6.26. The summed E-state index contributed by atoms with van der Waals surface area (Å²) in [5.74, 6) is 0.677. The van der Waals surface area contributed by atoms with Gasteiger partial charge in [-0.1, -0.05) is 20.8 Å². The molecular formula is C13H28N2O. The number of hydrogen-bond acceptors (Lipinski definition) is 2. The van der Waals surface area contributed by atoms with Crippen molar-refractivity contribution in [1.82, 2.24) is 5.32 Å². The van der Waals surface area contributed by atoms with E-state index in [1.807, 2.05) is 13.8 Å². The van der Waals surface area contributed by atoms with Crippen LogP contribution in [-0.4, -0.2) is 18.5 Å². The molecule has 3 N–H and O–H groups in total. The molecule has 0 aromatic rings. The number of rotatable bonds is 6. The fraction of sp³-hybridized carbons (Fsp3) is 0.923. The second-order valence-corrected chi connectivity index (χ2v) is 5.90. The normalized spacial score (nSPS) is 13.9. The summed E-state index contributed by atoms with van der Waals surface area (Å²) in [5.41, 5.74) is 5.85. The third-order valence-electron chi connectivity index (χ3n) is 2.91. The van der Waals surface area contributed by atoms with Gasteiger partial charge in [0.1, 0.15) is 0 Å². The van der Waals surface area contributed by atoms with Crippen molar-refractivity contribution in [3.63, 3.8) is 0 Å². The molecule has 0 rings (SSSR count). The van der Waals surface area contributed by atoms with E-state index < -0.39 is 0 Å². The fourth-order valence-corrected chi connectivity index (χ4v) is 1.91. The molecule has 1 atom stereocenters.